The highest BCUT2D eigenvalue weighted by atomic mass is 19.2. The van der Waals surface area contributed by atoms with E-state index in [2.05, 4.69) is 39.8 Å². The van der Waals surface area contributed by atoms with Gasteiger partial charge in [-0.1, -0.05) is 25.8 Å². The van der Waals surface area contributed by atoms with E-state index in [4.69, 9.17) is 24.4 Å². The highest BCUT2D eigenvalue weighted by Crippen LogP contribution is 2.40. The van der Waals surface area contributed by atoms with Crippen LogP contribution in [0.5, 0.6) is 34.5 Å². The number of ether oxygens (including phenoxy) is 3. The van der Waals surface area contributed by atoms with Crippen LogP contribution in [0.2, 0.25) is 0 Å². The van der Waals surface area contributed by atoms with Crippen molar-refractivity contribution in [1.29, 1.82) is 0 Å². The summed E-state index contributed by atoms with van der Waals surface area (Å²) in [6.45, 7) is 13.7. The van der Waals surface area contributed by atoms with Gasteiger partial charge in [-0.15, -0.1) is 0 Å². The van der Waals surface area contributed by atoms with Crippen LogP contribution in [0.25, 0.3) is 49.8 Å². The molecule has 106 heavy (non-hydrogen) atoms. The lowest BCUT2D eigenvalue weighted by atomic mass is 9.93. The fraction of sp³-hybridized carbons (Fsp3) is 0.192. The van der Waals surface area contributed by atoms with E-state index in [1.807, 2.05) is 0 Å². The molecule has 0 aliphatic carbocycles. The number of hydrogen-bond donors (Lipinski definition) is 0. The number of aromatic nitrogens is 9. The number of carbonyl (C=O) groups is 3. The Hall–Kier alpha value is -12.5. The molecule has 28 heteroatoms. The van der Waals surface area contributed by atoms with Gasteiger partial charge in [0.2, 0.25) is 29.4 Å². The fourth-order valence-electron chi connectivity index (χ4n) is 13.3. The van der Waals surface area contributed by atoms with Crippen molar-refractivity contribution in [3.8, 4) is 51.6 Å². The molecule has 18 nitrogen and oxygen atoms in total. The molecule has 540 valence electrons. The van der Waals surface area contributed by atoms with Gasteiger partial charge in [-0.25, -0.2) is 49.2 Å². The molecule has 9 heterocycles. The van der Waals surface area contributed by atoms with Gasteiger partial charge < -0.3 is 28.9 Å². The maximum atomic E-state index is 14.9. The summed E-state index contributed by atoms with van der Waals surface area (Å²) in [4.78, 5) is 53.4. The Bertz CT molecular complexity index is 5180. The molecule has 0 spiro atoms. The monoisotopic (exact) mass is 1450 g/mol. The Morgan fingerprint density at radius 1 is 0.377 bits per heavy atom. The number of benzene rings is 6. The Kier molecular flexibility index (Phi) is 21.2. The van der Waals surface area contributed by atoms with Gasteiger partial charge in [-0.2, -0.15) is 24.1 Å². The highest BCUT2D eigenvalue weighted by molar-refractivity contribution is 5.90. The molecule has 3 saturated heterocycles. The van der Waals surface area contributed by atoms with Crippen molar-refractivity contribution >= 4 is 50.4 Å². The number of carbonyl (C=O) groups excluding carboxylic acids is 3. The van der Waals surface area contributed by atoms with Gasteiger partial charge in [0.05, 0.1) is 104 Å². The molecule has 0 bridgehead atoms. The summed E-state index contributed by atoms with van der Waals surface area (Å²) in [6, 6.07) is 27.1. The maximum absolute atomic E-state index is 14.9. The first-order valence-corrected chi connectivity index (χ1v) is 33.4. The van der Waals surface area contributed by atoms with Gasteiger partial charge in [-0.05, 0) is 154 Å². The van der Waals surface area contributed by atoms with Crippen molar-refractivity contribution in [2.45, 2.75) is 56.3 Å². The first-order chi connectivity index (χ1) is 51.2. The standard InChI is InChI=1S/C26H20F4N4O2.2C26H21F3N4O2/c1-2-23(35)33-9-3-4-15(14-33)26-24-20(29)12-31-13-21(24)34(32-26)17-5-7-18(8-6-17)36-22-11-16(27)10-19(28)25(22)30;1-2-23(34)32-12-4-5-16(15-32)26-24-20(28)13-30-14-21(24)33(31-26)17-8-10-18(11-9-17)35-22-7-3-6-19(27)25(22)29;1-2-24(34)32-11-3-4-16(15-32)26-25-21(29)13-30-14-22(25)33(31-26)18-6-8-19(9-7-18)35-23-12-17(27)5-10-20(23)28/h2,5-8,10-13,15H,1,3-4,9,14H2;2-3,6-11,13-14,16H,1,4-5,12,15H2;2,5-10,12-14,16H,1,3-4,11,15H2. The summed E-state index contributed by atoms with van der Waals surface area (Å²) < 4.78 is 161. The van der Waals surface area contributed by atoms with Crippen LogP contribution in [-0.2, 0) is 14.4 Å². The molecule has 0 radical (unpaired) electrons. The van der Waals surface area contributed by atoms with E-state index in [0.717, 1.165) is 87.4 Å². The van der Waals surface area contributed by atoms with Gasteiger partial charge in [0.1, 0.15) is 28.9 Å². The maximum Gasteiger partial charge on any atom is 0.245 e. The Labute approximate surface area is 598 Å². The molecule has 3 unspecified atom stereocenters. The van der Waals surface area contributed by atoms with Crippen molar-refractivity contribution in [2.75, 3.05) is 39.3 Å². The number of fused-ring (bicyclic) bond motifs is 3. The van der Waals surface area contributed by atoms with Gasteiger partial charge in [-0.3, -0.25) is 29.3 Å². The molecule has 3 aliphatic heterocycles. The van der Waals surface area contributed by atoms with E-state index in [9.17, 15) is 58.3 Å². The van der Waals surface area contributed by atoms with Gasteiger partial charge in [0.25, 0.3) is 0 Å². The third-order valence-electron chi connectivity index (χ3n) is 18.3. The zero-order valence-corrected chi connectivity index (χ0v) is 56.2. The first-order valence-electron chi connectivity index (χ1n) is 33.4. The van der Waals surface area contributed by atoms with E-state index in [1.165, 1.54) is 65.8 Å². The zero-order valence-electron chi connectivity index (χ0n) is 56.2. The molecule has 6 aromatic heterocycles. The van der Waals surface area contributed by atoms with Crippen LogP contribution in [0.3, 0.4) is 0 Å². The van der Waals surface area contributed by atoms with E-state index in [-0.39, 0.29) is 52.7 Å². The van der Waals surface area contributed by atoms with E-state index in [0.29, 0.717) is 124 Å². The molecule has 0 saturated carbocycles. The molecular weight excluding hydrogens is 1390 g/mol. The number of piperidine rings is 3. The third kappa shape index (κ3) is 15.1. The van der Waals surface area contributed by atoms with Crippen LogP contribution in [-0.4, -0.2) is 116 Å². The first kappa shape index (κ1) is 71.9. The van der Waals surface area contributed by atoms with Crippen LogP contribution >= 0.6 is 0 Å². The molecule has 3 fully saturated rings. The molecule has 12 aromatic rings. The Morgan fingerprint density at radius 3 is 1.12 bits per heavy atom. The average Bonchev–Trinajstić information content (AvgIpc) is 1.62. The summed E-state index contributed by atoms with van der Waals surface area (Å²) >= 11 is 0. The van der Waals surface area contributed by atoms with Crippen LogP contribution in [0.15, 0.2) is 196 Å². The van der Waals surface area contributed by atoms with Crippen LogP contribution in [0, 0.1) is 58.2 Å². The summed E-state index contributed by atoms with van der Waals surface area (Å²) in [6.07, 6.45) is 16.4. The second-order valence-electron chi connectivity index (χ2n) is 25.0. The van der Waals surface area contributed by atoms with E-state index < -0.39 is 63.9 Å². The van der Waals surface area contributed by atoms with Crippen LogP contribution in [0.4, 0.5) is 43.9 Å². The number of pyridine rings is 3. The number of likely N-dealkylation sites (tertiary alicyclic amines) is 3. The third-order valence-corrected chi connectivity index (χ3v) is 18.3. The minimum Gasteiger partial charge on any atom is -0.454 e. The normalized spacial score (nSPS) is 15.8. The second kappa shape index (κ2) is 31.2. The lowest BCUT2D eigenvalue weighted by molar-refractivity contribution is -0.127. The van der Waals surface area contributed by atoms with Crippen molar-refractivity contribution in [3.63, 3.8) is 0 Å². The summed E-state index contributed by atoms with van der Waals surface area (Å²) in [5.41, 5.74) is 4.78. The lowest BCUT2D eigenvalue weighted by Crippen LogP contribution is -2.38. The molecular formula is C78H62F10N12O6. The second-order valence-corrected chi connectivity index (χ2v) is 25.0. The highest BCUT2D eigenvalue weighted by Gasteiger charge is 2.33. The number of amides is 3. The number of halogens is 10. The predicted octanol–water partition coefficient (Wildman–Crippen LogP) is 16.7. The predicted molar refractivity (Wildman–Crippen MR) is 372 cm³/mol. The SMILES string of the molecule is C=CC(=O)N1CCCC(c2nn(-c3ccc(Oc4cc(F)cc(F)c4F)cc3)c3cncc(F)c23)C1.C=CC(=O)N1CCCC(c2nn(-c3ccc(Oc4cc(F)ccc4F)cc3)c3cncc(F)c23)C1.C=CC(=O)N1CCCC(c2nn(-c3ccc(Oc4cccc(F)c4F)cc3)c3cncc(F)c23)C1. The van der Waals surface area contributed by atoms with Gasteiger partial charge in [0, 0.05) is 75.2 Å². The topological polar surface area (TPSA) is 181 Å². The molecule has 0 N–H and O–H groups in total. The number of nitrogens with zero attached hydrogens (tertiary/aromatic N) is 12. The largest absolute Gasteiger partial charge is 0.454 e. The molecule has 3 amide bonds. The van der Waals surface area contributed by atoms with Crippen LogP contribution in [0.1, 0.15) is 73.4 Å². The van der Waals surface area contributed by atoms with Crippen molar-refractivity contribution in [1.82, 2.24) is 59.0 Å². The van der Waals surface area contributed by atoms with Gasteiger partial charge in [0.15, 0.2) is 52.2 Å². The smallest absolute Gasteiger partial charge is 0.245 e. The Balaban J connectivity index is 0.000000141. The van der Waals surface area contributed by atoms with Gasteiger partial charge >= 0.3 is 0 Å². The zero-order chi connectivity index (χ0) is 74.4. The molecule has 3 aliphatic rings. The number of hydrogen-bond acceptors (Lipinski definition) is 12. The average molecular weight is 1450 g/mol. The van der Waals surface area contributed by atoms with Crippen LogP contribution < -0.4 is 14.2 Å². The summed E-state index contributed by atoms with van der Waals surface area (Å²) in [7, 11) is 0. The molecule has 15 rings (SSSR count). The summed E-state index contributed by atoms with van der Waals surface area (Å²) in [5, 5.41) is 15.2. The van der Waals surface area contributed by atoms with E-state index in [1.54, 1.807) is 84.7 Å². The quantitative estimate of drug-likeness (QED) is 0.0539. The lowest BCUT2D eigenvalue weighted by Gasteiger charge is -2.31. The minimum absolute atomic E-state index is 0.134. The van der Waals surface area contributed by atoms with E-state index >= 15 is 0 Å². The Morgan fingerprint density at radius 2 is 0.736 bits per heavy atom. The van der Waals surface area contributed by atoms with Crippen molar-refractivity contribution in [3.05, 3.63) is 272 Å². The van der Waals surface area contributed by atoms with Crippen molar-refractivity contribution < 1.29 is 72.5 Å². The fourth-order valence-corrected chi connectivity index (χ4v) is 13.3. The summed E-state index contributed by atoms with van der Waals surface area (Å²) in [5.74, 6) is -9.81. The van der Waals surface area contributed by atoms with Crippen molar-refractivity contribution in [2.24, 2.45) is 0 Å². The molecule has 6 aromatic carbocycles. The number of rotatable bonds is 15. The molecule has 3 atom stereocenters. The minimum atomic E-state index is -1.36.